The summed E-state index contributed by atoms with van der Waals surface area (Å²) >= 11 is 0. The summed E-state index contributed by atoms with van der Waals surface area (Å²) in [5, 5.41) is 0. The van der Waals surface area contributed by atoms with E-state index in [1.807, 2.05) is 0 Å². The summed E-state index contributed by atoms with van der Waals surface area (Å²) in [6.45, 7) is 2.18. The zero-order valence-electron chi connectivity index (χ0n) is 10.9. The van der Waals surface area contributed by atoms with Crippen molar-refractivity contribution < 1.29 is 8.78 Å². The van der Waals surface area contributed by atoms with Crippen molar-refractivity contribution in [2.24, 2.45) is 11.7 Å². The van der Waals surface area contributed by atoms with Crippen molar-refractivity contribution in [3.8, 4) is 0 Å². The number of halogens is 2. The van der Waals surface area contributed by atoms with Gasteiger partial charge in [-0.3, -0.25) is 0 Å². The summed E-state index contributed by atoms with van der Waals surface area (Å²) in [5.41, 5.74) is 5.96. The van der Waals surface area contributed by atoms with Crippen molar-refractivity contribution in [3.05, 3.63) is 35.4 Å². The summed E-state index contributed by atoms with van der Waals surface area (Å²) in [6.07, 6.45) is 5.91. The molecule has 3 heteroatoms. The molecule has 1 fully saturated rings. The summed E-state index contributed by atoms with van der Waals surface area (Å²) in [6, 6.07) is 4.31. The molecule has 0 saturated heterocycles. The van der Waals surface area contributed by atoms with Gasteiger partial charge in [0, 0.05) is 11.1 Å². The zero-order valence-corrected chi connectivity index (χ0v) is 10.9. The smallest absolute Gasteiger partial charge is 0.163 e. The maximum absolute atomic E-state index is 13.8. The summed E-state index contributed by atoms with van der Waals surface area (Å²) in [4.78, 5) is 0. The predicted molar refractivity (Wildman–Crippen MR) is 69.1 cm³/mol. The second-order valence-electron chi connectivity index (χ2n) is 5.49. The average molecular weight is 253 g/mol. The number of hydrogen-bond acceptors (Lipinski definition) is 1. The number of hydrogen-bond donors (Lipinski definition) is 1. The van der Waals surface area contributed by atoms with Gasteiger partial charge in [0.15, 0.2) is 11.6 Å². The van der Waals surface area contributed by atoms with Gasteiger partial charge in [0.1, 0.15) is 0 Å². The molecule has 0 aliphatic heterocycles. The first kappa shape index (κ1) is 13.5. The molecule has 0 spiro atoms. The van der Waals surface area contributed by atoms with Gasteiger partial charge in [0.25, 0.3) is 0 Å². The summed E-state index contributed by atoms with van der Waals surface area (Å²) in [5.74, 6) is -0.870. The van der Waals surface area contributed by atoms with Crippen LogP contribution in [-0.4, -0.2) is 0 Å². The molecule has 1 aliphatic rings. The Labute approximate surface area is 107 Å². The summed E-state index contributed by atoms with van der Waals surface area (Å²) < 4.78 is 27.1. The molecule has 0 aromatic heterocycles. The van der Waals surface area contributed by atoms with Gasteiger partial charge in [-0.05, 0) is 37.7 Å². The third-order valence-electron chi connectivity index (χ3n) is 4.18. The van der Waals surface area contributed by atoms with Crippen molar-refractivity contribution in [1.29, 1.82) is 0 Å². The molecule has 1 nitrogen and oxygen atoms in total. The zero-order chi connectivity index (χ0) is 13.2. The van der Waals surface area contributed by atoms with E-state index in [0.29, 0.717) is 11.5 Å². The van der Waals surface area contributed by atoms with Crippen LogP contribution in [0.1, 0.15) is 51.0 Å². The second kappa shape index (κ2) is 5.35. The molecule has 1 aromatic carbocycles. The number of rotatable bonds is 3. The quantitative estimate of drug-likeness (QED) is 0.862. The van der Waals surface area contributed by atoms with Crippen molar-refractivity contribution in [3.63, 3.8) is 0 Å². The van der Waals surface area contributed by atoms with Crippen LogP contribution in [0.4, 0.5) is 8.78 Å². The van der Waals surface area contributed by atoms with Crippen LogP contribution in [0.5, 0.6) is 0 Å². The van der Waals surface area contributed by atoms with Crippen LogP contribution in [0.2, 0.25) is 0 Å². The van der Waals surface area contributed by atoms with Gasteiger partial charge in [0.2, 0.25) is 0 Å². The van der Waals surface area contributed by atoms with Crippen molar-refractivity contribution in [2.45, 2.75) is 51.0 Å². The first-order chi connectivity index (χ1) is 8.57. The van der Waals surface area contributed by atoms with Crippen LogP contribution in [0.3, 0.4) is 0 Å². The molecule has 18 heavy (non-hydrogen) atoms. The molecule has 0 heterocycles. The molecular weight excluding hydrogens is 232 g/mol. The maximum Gasteiger partial charge on any atom is 0.163 e. The fraction of sp³-hybridized carbons (Fsp3) is 0.600. The van der Waals surface area contributed by atoms with Gasteiger partial charge in [-0.2, -0.15) is 0 Å². The Bertz CT molecular complexity index is 409. The van der Waals surface area contributed by atoms with E-state index in [1.165, 1.54) is 12.8 Å². The van der Waals surface area contributed by atoms with E-state index >= 15 is 0 Å². The van der Waals surface area contributed by atoms with Gasteiger partial charge >= 0.3 is 0 Å². The summed E-state index contributed by atoms with van der Waals surface area (Å²) in [7, 11) is 0. The minimum Gasteiger partial charge on any atom is -0.321 e. The van der Waals surface area contributed by atoms with Crippen LogP contribution in [0, 0.1) is 17.6 Å². The molecule has 0 bridgehead atoms. The van der Waals surface area contributed by atoms with E-state index in [0.717, 1.165) is 31.7 Å². The largest absolute Gasteiger partial charge is 0.321 e. The lowest BCUT2D eigenvalue weighted by Crippen LogP contribution is -2.41. The standard InChI is InChI=1S/C15H21F2N/c1-2-4-11-7-9-15(18,10-8-11)12-5-3-6-13(16)14(12)17/h3,5-6,11H,2,4,7-10,18H2,1H3. The SMILES string of the molecule is CCCC1CCC(N)(c2cccc(F)c2F)CC1. The Kier molecular flexibility index (Phi) is 4.00. The Balaban J connectivity index is 2.16. The lowest BCUT2D eigenvalue weighted by Gasteiger charge is -2.37. The first-order valence-corrected chi connectivity index (χ1v) is 6.80. The maximum atomic E-state index is 13.8. The van der Waals surface area contributed by atoms with Crippen LogP contribution in [0.25, 0.3) is 0 Å². The predicted octanol–water partition coefficient (Wildman–Crippen LogP) is 4.11. The Hall–Kier alpha value is -0.960. The van der Waals surface area contributed by atoms with Gasteiger partial charge in [-0.25, -0.2) is 8.78 Å². The van der Waals surface area contributed by atoms with E-state index < -0.39 is 17.2 Å². The van der Waals surface area contributed by atoms with Crippen molar-refractivity contribution >= 4 is 0 Å². The molecule has 100 valence electrons. The minimum absolute atomic E-state index is 0.345. The highest BCUT2D eigenvalue weighted by molar-refractivity contribution is 5.27. The molecule has 2 N–H and O–H groups in total. The van der Waals surface area contributed by atoms with Gasteiger partial charge in [-0.15, -0.1) is 0 Å². The molecule has 0 atom stereocenters. The Morgan fingerprint density at radius 2 is 1.94 bits per heavy atom. The van der Waals surface area contributed by atoms with Gasteiger partial charge in [0.05, 0.1) is 0 Å². The molecule has 1 aromatic rings. The van der Waals surface area contributed by atoms with Crippen LogP contribution in [-0.2, 0) is 5.54 Å². The van der Waals surface area contributed by atoms with E-state index in [-0.39, 0.29) is 0 Å². The average Bonchev–Trinajstić information content (AvgIpc) is 2.36. The second-order valence-corrected chi connectivity index (χ2v) is 5.49. The number of benzene rings is 1. The highest BCUT2D eigenvalue weighted by atomic mass is 19.2. The molecule has 0 radical (unpaired) electrons. The third kappa shape index (κ3) is 2.56. The number of nitrogens with two attached hydrogens (primary N) is 1. The lowest BCUT2D eigenvalue weighted by atomic mass is 9.72. The molecule has 0 amide bonds. The van der Waals surface area contributed by atoms with Crippen molar-refractivity contribution in [1.82, 2.24) is 0 Å². The minimum atomic E-state index is -0.798. The molecule has 2 rings (SSSR count). The lowest BCUT2D eigenvalue weighted by molar-refractivity contribution is 0.220. The third-order valence-corrected chi connectivity index (χ3v) is 4.18. The van der Waals surface area contributed by atoms with E-state index in [1.54, 1.807) is 12.1 Å². The van der Waals surface area contributed by atoms with E-state index in [9.17, 15) is 8.78 Å². The molecule has 0 unspecified atom stereocenters. The van der Waals surface area contributed by atoms with E-state index in [4.69, 9.17) is 5.73 Å². The van der Waals surface area contributed by atoms with Gasteiger partial charge < -0.3 is 5.73 Å². The van der Waals surface area contributed by atoms with Crippen LogP contribution >= 0.6 is 0 Å². The molecule has 1 saturated carbocycles. The molecule has 1 aliphatic carbocycles. The van der Waals surface area contributed by atoms with Crippen LogP contribution in [0.15, 0.2) is 18.2 Å². The van der Waals surface area contributed by atoms with E-state index in [2.05, 4.69) is 6.92 Å². The normalized spacial score (nSPS) is 28.3. The first-order valence-electron chi connectivity index (χ1n) is 6.80. The van der Waals surface area contributed by atoms with Crippen LogP contribution < -0.4 is 5.73 Å². The topological polar surface area (TPSA) is 26.0 Å². The monoisotopic (exact) mass is 253 g/mol. The Morgan fingerprint density at radius 3 is 2.56 bits per heavy atom. The van der Waals surface area contributed by atoms with Crippen molar-refractivity contribution in [2.75, 3.05) is 0 Å². The highest BCUT2D eigenvalue weighted by Crippen LogP contribution is 2.40. The molecular formula is C15H21F2N. The van der Waals surface area contributed by atoms with Gasteiger partial charge in [-0.1, -0.05) is 31.9 Å². The fourth-order valence-corrected chi connectivity index (χ4v) is 3.05. The Morgan fingerprint density at radius 1 is 1.28 bits per heavy atom. The fourth-order valence-electron chi connectivity index (χ4n) is 3.05. The highest BCUT2D eigenvalue weighted by Gasteiger charge is 2.35.